The molecule has 0 aromatic heterocycles. The second-order valence-corrected chi connectivity index (χ2v) is 11.5. The minimum Gasteiger partial charge on any atom is -0.493 e. The van der Waals surface area contributed by atoms with Crippen LogP contribution in [0.25, 0.3) is 6.08 Å². The number of nitrogens with one attached hydrogen (secondary N) is 3. The van der Waals surface area contributed by atoms with Crippen molar-refractivity contribution in [1.29, 1.82) is 0 Å². The second kappa shape index (κ2) is 15.1. The van der Waals surface area contributed by atoms with Crippen molar-refractivity contribution in [3.8, 4) is 28.7 Å². The van der Waals surface area contributed by atoms with Crippen LogP contribution < -0.4 is 39.6 Å². The molecule has 4 aromatic carbocycles. The van der Waals surface area contributed by atoms with Crippen LogP contribution in [0.2, 0.25) is 0 Å². The summed E-state index contributed by atoms with van der Waals surface area (Å²) in [6, 6.07) is 24.2. The van der Waals surface area contributed by atoms with Crippen molar-refractivity contribution in [2.45, 2.75) is 17.1 Å². The van der Waals surface area contributed by atoms with E-state index in [-0.39, 0.29) is 18.4 Å². The average molecular weight is 656 g/mol. The van der Waals surface area contributed by atoms with Crippen molar-refractivity contribution in [2.24, 2.45) is 0 Å². The number of ether oxygens (including phenoxy) is 5. The van der Waals surface area contributed by atoms with Gasteiger partial charge in [-0.25, -0.2) is 0 Å². The molecule has 0 radical (unpaired) electrons. The summed E-state index contributed by atoms with van der Waals surface area (Å²) in [6.45, 7) is 1.96. The van der Waals surface area contributed by atoms with E-state index in [0.717, 1.165) is 4.90 Å². The van der Waals surface area contributed by atoms with Crippen LogP contribution in [0.15, 0.2) is 95.5 Å². The molecule has 1 aliphatic rings. The molecule has 1 aliphatic heterocycles. The lowest BCUT2D eigenvalue weighted by molar-refractivity contribution is -0.115. The number of fused-ring (bicyclic) bond motifs is 1. The number of benzene rings is 4. The van der Waals surface area contributed by atoms with Crippen molar-refractivity contribution in [3.05, 3.63) is 102 Å². The van der Waals surface area contributed by atoms with Crippen LogP contribution in [-0.4, -0.2) is 51.1 Å². The smallest absolute Gasteiger partial charge is 0.272 e. The van der Waals surface area contributed by atoms with E-state index in [0.29, 0.717) is 51.2 Å². The van der Waals surface area contributed by atoms with E-state index in [1.165, 1.54) is 39.2 Å². The predicted octanol–water partition coefficient (Wildman–Crippen LogP) is 5.97. The van der Waals surface area contributed by atoms with E-state index < -0.39 is 17.1 Å². The zero-order valence-electron chi connectivity index (χ0n) is 26.1. The van der Waals surface area contributed by atoms with Crippen LogP contribution in [-0.2, 0) is 9.59 Å². The number of thioether (sulfide) groups is 1. The average Bonchev–Trinajstić information content (AvgIpc) is 3.56. The van der Waals surface area contributed by atoms with E-state index in [1.54, 1.807) is 91.9 Å². The third-order valence-electron chi connectivity index (χ3n) is 6.96. The topological polar surface area (TPSA) is 133 Å². The molecule has 0 aliphatic carbocycles. The Kier molecular flexibility index (Phi) is 10.5. The maximum Gasteiger partial charge on any atom is 0.272 e. The Morgan fingerprint density at radius 2 is 1.45 bits per heavy atom. The highest BCUT2D eigenvalue weighted by atomic mass is 32.2. The van der Waals surface area contributed by atoms with Crippen molar-refractivity contribution < 1.29 is 38.1 Å². The first-order chi connectivity index (χ1) is 22.8. The summed E-state index contributed by atoms with van der Waals surface area (Å²) in [7, 11) is 4.48. The molecule has 1 heterocycles. The Morgan fingerprint density at radius 3 is 2.11 bits per heavy atom. The Balaban J connectivity index is 1.29. The molecule has 0 spiro atoms. The van der Waals surface area contributed by atoms with Crippen LogP contribution in [0.1, 0.15) is 22.8 Å². The zero-order chi connectivity index (χ0) is 33.3. The SMILES string of the molecule is COc1cc(/C=C(\NC(=O)c2ccccc2)C(=O)Nc2ccc(SC(C)C(=O)Nc3ccc4c(c3)OCO4)cc2)cc(OC)c1OC. The molecule has 1 unspecified atom stereocenters. The Labute approximate surface area is 276 Å². The molecule has 0 fully saturated rings. The molecule has 47 heavy (non-hydrogen) atoms. The minimum atomic E-state index is -0.556. The van der Waals surface area contributed by atoms with Gasteiger partial charge in [-0.2, -0.15) is 0 Å². The van der Waals surface area contributed by atoms with Crippen molar-refractivity contribution >= 4 is 46.9 Å². The van der Waals surface area contributed by atoms with Gasteiger partial charge >= 0.3 is 0 Å². The van der Waals surface area contributed by atoms with Gasteiger partial charge < -0.3 is 39.6 Å². The predicted molar refractivity (Wildman–Crippen MR) is 180 cm³/mol. The molecule has 0 saturated carbocycles. The summed E-state index contributed by atoms with van der Waals surface area (Å²) in [6.07, 6.45) is 1.52. The third kappa shape index (κ3) is 8.16. The lowest BCUT2D eigenvalue weighted by atomic mass is 10.1. The molecule has 3 amide bonds. The van der Waals surface area contributed by atoms with E-state index >= 15 is 0 Å². The molecule has 242 valence electrons. The van der Waals surface area contributed by atoms with Gasteiger partial charge in [-0.15, -0.1) is 11.8 Å². The highest BCUT2D eigenvalue weighted by molar-refractivity contribution is 8.00. The quantitative estimate of drug-likeness (QED) is 0.125. The standard InChI is InChI=1S/C35H33N3O8S/c1-21(33(39)37-25-12-15-28-29(19-25)46-20-45-28)47-26-13-10-24(11-14-26)36-35(41)27(38-34(40)23-8-6-5-7-9-23)16-22-17-30(42-2)32(44-4)31(18-22)43-3/h5-19,21H,20H2,1-4H3,(H,36,41)(H,37,39)(H,38,40)/b27-16-. The summed E-state index contributed by atoms with van der Waals surface area (Å²) < 4.78 is 27.0. The van der Waals surface area contributed by atoms with E-state index in [1.807, 2.05) is 0 Å². The Bertz CT molecular complexity index is 1770. The summed E-state index contributed by atoms with van der Waals surface area (Å²) >= 11 is 1.36. The van der Waals surface area contributed by atoms with Crippen molar-refractivity contribution in [2.75, 3.05) is 38.8 Å². The zero-order valence-corrected chi connectivity index (χ0v) is 26.9. The first-order valence-corrected chi connectivity index (χ1v) is 15.3. The number of carbonyl (C=O) groups excluding carboxylic acids is 3. The highest BCUT2D eigenvalue weighted by Gasteiger charge is 2.20. The van der Waals surface area contributed by atoms with Crippen LogP contribution >= 0.6 is 11.8 Å². The molecule has 1 atom stereocenters. The number of carbonyl (C=O) groups is 3. The molecular weight excluding hydrogens is 622 g/mol. The van der Waals surface area contributed by atoms with Gasteiger partial charge in [0.05, 0.1) is 26.6 Å². The fraction of sp³-hybridized carbons (Fsp3) is 0.171. The van der Waals surface area contributed by atoms with Gasteiger partial charge in [0.25, 0.3) is 11.8 Å². The molecule has 11 nitrogen and oxygen atoms in total. The number of hydrogen-bond acceptors (Lipinski definition) is 9. The molecule has 4 aromatic rings. The molecule has 5 rings (SSSR count). The normalized spacial score (nSPS) is 12.5. The molecule has 0 saturated heterocycles. The van der Waals surface area contributed by atoms with Crippen molar-refractivity contribution in [1.82, 2.24) is 5.32 Å². The number of anilines is 2. The van der Waals surface area contributed by atoms with E-state index in [2.05, 4.69) is 16.0 Å². The fourth-order valence-corrected chi connectivity index (χ4v) is 5.45. The monoisotopic (exact) mass is 655 g/mol. The number of hydrogen-bond donors (Lipinski definition) is 3. The Morgan fingerprint density at radius 1 is 0.787 bits per heavy atom. The summed E-state index contributed by atoms with van der Waals surface area (Å²) in [5.74, 6) is 1.20. The third-order valence-corrected chi connectivity index (χ3v) is 8.07. The largest absolute Gasteiger partial charge is 0.493 e. The summed E-state index contributed by atoms with van der Waals surface area (Å²) in [4.78, 5) is 40.3. The first kappa shape index (κ1) is 32.8. The lowest BCUT2D eigenvalue weighted by Crippen LogP contribution is -2.30. The van der Waals surface area contributed by atoms with Crippen LogP contribution in [0.3, 0.4) is 0 Å². The number of rotatable bonds is 12. The van der Waals surface area contributed by atoms with Crippen LogP contribution in [0.5, 0.6) is 28.7 Å². The summed E-state index contributed by atoms with van der Waals surface area (Å²) in [5, 5.41) is 8.04. The molecule has 0 bridgehead atoms. The highest BCUT2D eigenvalue weighted by Crippen LogP contribution is 2.39. The van der Waals surface area contributed by atoms with Gasteiger partial charge in [-0.3, -0.25) is 14.4 Å². The minimum absolute atomic E-state index is 0.0135. The number of methoxy groups -OCH3 is 3. The first-order valence-electron chi connectivity index (χ1n) is 14.4. The van der Waals surface area contributed by atoms with Gasteiger partial charge in [0.2, 0.25) is 18.4 Å². The van der Waals surface area contributed by atoms with Crippen LogP contribution in [0.4, 0.5) is 11.4 Å². The van der Waals surface area contributed by atoms with E-state index in [9.17, 15) is 14.4 Å². The maximum atomic E-state index is 13.6. The molecule has 12 heteroatoms. The summed E-state index contributed by atoms with van der Waals surface area (Å²) in [5.41, 5.74) is 1.99. The van der Waals surface area contributed by atoms with Gasteiger partial charge in [-0.1, -0.05) is 18.2 Å². The number of amides is 3. The molecular formula is C35H33N3O8S. The van der Waals surface area contributed by atoms with Gasteiger partial charge in [0.15, 0.2) is 23.0 Å². The maximum absolute atomic E-state index is 13.6. The van der Waals surface area contributed by atoms with Gasteiger partial charge in [-0.05, 0) is 79.2 Å². The van der Waals surface area contributed by atoms with Crippen LogP contribution in [0, 0.1) is 0 Å². The lowest BCUT2D eigenvalue weighted by Gasteiger charge is -2.15. The second-order valence-electron chi connectivity index (χ2n) is 10.1. The molecule has 3 N–H and O–H groups in total. The fourth-order valence-electron chi connectivity index (χ4n) is 4.58. The van der Waals surface area contributed by atoms with Gasteiger partial charge in [0, 0.05) is 27.9 Å². The van der Waals surface area contributed by atoms with Crippen molar-refractivity contribution in [3.63, 3.8) is 0 Å². The van der Waals surface area contributed by atoms with E-state index in [4.69, 9.17) is 23.7 Å². The van der Waals surface area contributed by atoms with Gasteiger partial charge in [0.1, 0.15) is 5.70 Å². The Hall–Kier alpha value is -5.62.